The summed E-state index contributed by atoms with van der Waals surface area (Å²) >= 11 is 7.35. The minimum absolute atomic E-state index is 0.130. The fourth-order valence-electron chi connectivity index (χ4n) is 3.04. The van der Waals surface area contributed by atoms with Gasteiger partial charge in [0.1, 0.15) is 6.04 Å². The summed E-state index contributed by atoms with van der Waals surface area (Å²) in [6.45, 7) is 0.434. The molecular weight excluding hydrogens is 338 g/mol. The zero-order valence-electron chi connectivity index (χ0n) is 12.5. The van der Waals surface area contributed by atoms with Gasteiger partial charge in [0, 0.05) is 11.6 Å². The van der Waals surface area contributed by atoms with Crippen molar-refractivity contribution in [3.63, 3.8) is 0 Å². The van der Waals surface area contributed by atoms with E-state index < -0.39 is 6.04 Å². The molecule has 3 rings (SSSR count). The number of anilines is 1. The summed E-state index contributed by atoms with van der Waals surface area (Å²) in [6, 6.07) is 3.74. The summed E-state index contributed by atoms with van der Waals surface area (Å²) in [7, 11) is 0. The molecule has 2 aliphatic heterocycles. The number of nitrogens with zero attached hydrogens (tertiary/aromatic N) is 1. The molecule has 2 N–H and O–H groups in total. The molecule has 0 saturated carbocycles. The summed E-state index contributed by atoms with van der Waals surface area (Å²) in [6.07, 6.45) is 2.40. The van der Waals surface area contributed by atoms with Crippen molar-refractivity contribution in [1.82, 2.24) is 10.2 Å². The quantitative estimate of drug-likeness (QED) is 0.860. The Labute approximate surface area is 142 Å². The molecule has 0 bridgehead atoms. The molecule has 122 valence electrons. The number of hydrogen-bond donors (Lipinski definition) is 2. The monoisotopic (exact) mass is 353 g/mol. The molecule has 0 spiro atoms. The van der Waals surface area contributed by atoms with E-state index in [0.29, 0.717) is 35.0 Å². The lowest BCUT2D eigenvalue weighted by atomic mass is 10.1. The van der Waals surface area contributed by atoms with Crippen LogP contribution in [-0.4, -0.2) is 53.3 Å². The highest BCUT2D eigenvalue weighted by molar-refractivity contribution is 7.99. The van der Waals surface area contributed by atoms with E-state index in [9.17, 15) is 14.4 Å². The van der Waals surface area contributed by atoms with Crippen molar-refractivity contribution >= 4 is 46.8 Å². The number of fused-ring (bicyclic) bond motifs is 2. The molecule has 1 aromatic rings. The molecular formula is C15H16ClN3O3S. The van der Waals surface area contributed by atoms with Gasteiger partial charge in [0.15, 0.2) is 0 Å². The molecule has 2 unspecified atom stereocenters. The van der Waals surface area contributed by atoms with Crippen LogP contribution < -0.4 is 10.6 Å². The molecule has 0 radical (unpaired) electrons. The Morgan fingerprint density at radius 1 is 1.48 bits per heavy atom. The van der Waals surface area contributed by atoms with E-state index in [1.807, 2.05) is 6.26 Å². The van der Waals surface area contributed by atoms with Crippen LogP contribution in [0.1, 0.15) is 16.8 Å². The van der Waals surface area contributed by atoms with Gasteiger partial charge < -0.3 is 15.5 Å². The maximum atomic E-state index is 12.7. The SMILES string of the molecule is CSCC(=O)NC1CCN2C(=O)c3ccc(Cl)cc3NC(=O)C12. The first-order valence-electron chi connectivity index (χ1n) is 7.21. The number of rotatable bonds is 3. The number of hydrogen-bond acceptors (Lipinski definition) is 4. The highest BCUT2D eigenvalue weighted by Gasteiger charge is 2.45. The summed E-state index contributed by atoms with van der Waals surface area (Å²) in [5, 5.41) is 6.06. The van der Waals surface area contributed by atoms with Crippen LogP contribution in [0.5, 0.6) is 0 Å². The average Bonchev–Trinajstić information content (AvgIpc) is 2.86. The van der Waals surface area contributed by atoms with Gasteiger partial charge in [-0.25, -0.2) is 0 Å². The Kier molecular flexibility index (Phi) is 4.50. The maximum absolute atomic E-state index is 12.7. The highest BCUT2D eigenvalue weighted by atomic mass is 35.5. The smallest absolute Gasteiger partial charge is 0.256 e. The van der Waals surface area contributed by atoms with Gasteiger partial charge in [-0.3, -0.25) is 14.4 Å². The fraction of sp³-hybridized carbons (Fsp3) is 0.400. The van der Waals surface area contributed by atoms with Gasteiger partial charge in [-0.15, -0.1) is 0 Å². The predicted molar refractivity (Wildman–Crippen MR) is 89.8 cm³/mol. The largest absolute Gasteiger partial charge is 0.350 e. The molecule has 2 heterocycles. The number of carbonyl (C=O) groups is 3. The van der Waals surface area contributed by atoms with Gasteiger partial charge >= 0.3 is 0 Å². The van der Waals surface area contributed by atoms with E-state index in [2.05, 4.69) is 10.6 Å². The summed E-state index contributed by atoms with van der Waals surface area (Å²) in [5.74, 6) is -0.323. The van der Waals surface area contributed by atoms with Gasteiger partial charge in [-0.1, -0.05) is 11.6 Å². The average molecular weight is 354 g/mol. The van der Waals surface area contributed by atoms with Crippen LogP contribution in [0.3, 0.4) is 0 Å². The highest BCUT2D eigenvalue weighted by Crippen LogP contribution is 2.30. The van der Waals surface area contributed by atoms with E-state index in [1.165, 1.54) is 16.7 Å². The van der Waals surface area contributed by atoms with Crippen LogP contribution in [0.15, 0.2) is 18.2 Å². The van der Waals surface area contributed by atoms with E-state index in [4.69, 9.17) is 11.6 Å². The predicted octanol–water partition coefficient (Wildman–Crippen LogP) is 1.35. The van der Waals surface area contributed by atoms with E-state index >= 15 is 0 Å². The van der Waals surface area contributed by atoms with Gasteiger partial charge in [-0.05, 0) is 30.9 Å². The molecule has 2 atom stereocenters. The van der Waals surface area contributed by atoms with Crippen LogP contribution in [0.2, 0.25) is 5.02 Å². The van der Waals surface area contributed by atoms with Crippen molar-refractivity contribution in [1.29, 1.82) is 0 Å². The number of nitrogens with one attached hydrogen (secondary N) is 2. The summed E-state index contributed by atoms with van der Waals surface area (Å²) < 4.78 is 0. The second-order valence-electron chi connectivity index (χ2n) is 5.52. The Hall–Kier alpha value is -1.73. The third kappa shape index (κ3) is 3.03. The van der Waals surface area contributed by atoms with Crippen molar-refractivity contribution in [2.45, 2.75) is 18.5 Å². The molecule has 3 amide bonds. The second-order valence-corrected chi connectivity index (χ2v) is 6.82. The topological polar surface area (TPSA) is 78.5 Å². The molecule has 23 heavy (non-hydrogen) atoms. The zero-order valence-corrected chi connectivity index (χ0v) is 14.0. The number of thioether (sulfide) groups is 1. The van der Waals surface area contributed by atoms with Crippen molar-refractivity contribution < 1.29 is 14.4 Å². The van der Waals surface area contributed by atoms with Crippen molar-refractivity contribution in [2.75, 3.05) is 23.9 Å². The first kappa shape index (κ1) is 16.1. The Balaban J connectivity index is 1.88. The molecule has 0 aromatic heterocycles. The van der Waals surface area contributed by atoms with Gasteiger partial charge in [0.25, 0.3) is 5.91 Å². The lowest BCUT2D eigenvalue weighted by molar-refractivity contribution is -0.122. The first-order valence-corrected chi connectivity index (χ1v) is 8.98. The van der Waals surface area contributed by atoms with E-state index in [-0.39, 0.29) is 23.8 Å². The number of benzene rings is 1. The number of halogens is 1. The third-order valence-corrected chi connectivity index (χ3v) is 4.81. The van der Waals surface area contributed by atoms with Crippen molar-refractivity contribution in [3.05, 3.63) is 28.8 Å². The Morgan fingerprint density at radius 3 is 3.00 bits per heavy atom. The summed E-state index contributed by atoms with van der Waals surface area (Å²) in [4.78, 5) is 38.6. The van der Waals surface area contributed by atoms with Crippen LogP contribution >= 0.6 is 23.4 Å². The first-order chi connectivity index (χ1) is 11.0. The van der Waals surface area contributed by atoms with E-state index in [0.717, 1.165) is 0 Å². The Morgan fingerprint density at radius 2 is 2.26 bits per heavy atom. The van der Waals surface area contributed by atoms with Crippen molar-refractivity contribution in [2.24, 2.45) is 0 Å². The second kappa shape index (κ2) is 6.41. The lowest BCUT2D eigenvalue weighted by Crippen LogP contribution is -2.51. The normalized spacial score (nSPS) is 23.0. The molecule has 8 heteroatoms. The minimum atomic E-state index is -0.695. The third-order valence-electron chi connectivity index (χ3n) is 4.02. The number of amides is 3. The van der Waals surface area contributed by atoms with Crippen LogP contribution in [-0.2, 0) is 9.59 Å². The molecule has 6 nitrogen and oxygen atoms in total. The number of carbonyl (C=O) groups excluding carboxylic acids is 3. The van der Waals surface area contributed by atoms with Crippen molar-refractivity contribution in [3.8, 4) is 0 Å². The molecule has 1 fully saturated rings. The molecule has 1 aromatic carbocycles. The molecule has 0 aliphatic carbocycles. The standard InChI is InChI=1S/C15H16ClN3O3S/c1-23-7-12(20)17-10-4-5-19-13(10)14(21)18-11-6-8(16)2-3-9(11)15(19)22/h2-3,6,10,13H,4-5,7H2,1H3,(H,17,20)(H,18,21). The maximum Gasteiger partial charge on any atom is 0.256 e. The summed E-state index contributed by atoms with van der Waals surface area (Å²) in [5.41, 5.74) is 0.831. The van der Waals surface area contributed by atoms with Gasteiger partial charge in [-0.2, -0.15) is 11.8 Å². The van der Waals surface area contributed by atoms with Crippen LogP contribution in [0, 0.1) is 0 Å². The molecule has 2 aliphatic rings. The van der Waals surface area contributed by atoms with Crippen LogP contribution in [0.4, 0.5) is 5.69 Å². The van der Waals surface area contributed by atoms with Gasteiger partial charge in [0.2, 0.25) is 11.8 Å². The fourth-order valence-corrected chi connectivity index (χ4v) is 3.56. The zero-order chi connectivity index (χ0) is 16.6. The Bertz CT molecular complexity index is 682. The van der Waals surface area contributed by atoms with E-state index in [1.54, 1.807) is 18.2 Å². The lowest BCUT2D eigenvalue weighted by Gasteiger charge is -2.24. The van der Waals surface area contributed by atoms with Gasteiger partial charge in [0.05, 0.1) is 23.0 Å². The molecule has 1 saturated heterocycles. The van der Waals surface area contributed by atoms with Crippen LogP contribution in [0.25, 0.3) is 0 Å². The minimum Gasteiger partial charge on any atom is -0.350 e.